The molecule has 2 heterocycles. The number of hydrogen-bond acceptors (Lipinski definition) is 4. The van der Waals surface area contributed by atoms with Crippen molar-refractivity contribution < 1.29 is 14.3 Å². The van der Waals surface area contributed by atoms with Crippen LogP contribution in [0.4, 0.5) is 4.39 Å². The van der Waals surface area contributed by atoms with E-state index in [0.717, 1.165) is 11.3 Å². The molecule has 2 aromatic rings. The van der Waals surface area contributed by atoms with Crippen LogP contribution in [0.25, 0.3) is 0 Å². The van der Waals surface area contributed by atoms with E-state index in [-0.39, 0.29) is 24.8 Å². The molecular formula is C21H26FN3O2. The molecule has 0 saturated carbocycles. The molecule has 1 aliphatic rings. The highest BCUT2D eigenvalue weighted by atomic mass is 19.1. The quantitative estimate of drug-likeness (QED) is 0.848. The number of carbonyl (C=O) groups is 1. The van der Waals surface area contributed by atoms with E-state index < -0.39 is 5.60 Å². The summed E-state index contributed by atoms with van der Waals surface area (Å²) in [5.41, 5.74) is 1.01. The molecule has 0 aliphatic carbocycles. The monoisotopic (exact) mass is 371 g/mol. The Hall–Kier alpha value is -2.31. The van der Waals surface area contributed by atoms with Gasteiger partial charge in [0.15, 0.2) is 5.60 Å². The molecule has 1 aromatic carbocycles. The number of rotatable bonds is 6. The van der Waals surface area contributed by atoms with Gasteiger partial charge in [0.25, 0.3) is 5.91 Å². The Bertz CT molecular complexity index is 814. The summed E-state index contributed by atoms with van der Waals surface area (Å²) in [6.07, 6.45) is 2.84. The molecule has 1 atom stereocenters. The second-order valence-electron chi connectivity index (χ2n) is 7.39. The first-order valence-electron chi connectivity index (χ1n) is 9.23. The Labute approximate surface area is 159 Å². The first kappa shape index (κ1) is 19.5. The molecule has 27 heavy (non-hydrogen) atoms. The van der Waals surface area contributed by atoms with Crippen LogP contribution in [0.5, 0.6) is 0 Å². The molecule has 1 saturated heterocycles. The third kappa shape index (κ3) is 4.51. The van der Waals surface area contributed by atoms with E-state index in [1.54, 1.807) is 29.3 Å². The number of aliphatic hydroxyl groups is 1. The number of likely N-dealkylation sites (N-methyl/N-ethyl adjacent to an activating group) is 1. The summed E-state index contributed by atoms with van der Waals surface area (Å²) in [4.78, 5) is 20.8. The lowest BCUT2D eigenvalue weighted by Crippen LogP contribution is -2.57. The van der Waals surface area contributed by atoms with Crippen molar-refractivity contribution in [2.24, 2.45) is 0 Å². The molecule has 0 spiro atoms. The average molecular weight is 371 g/mol. The molecule has 1 amide bonds. The van der Waals surface area contributed by atoms with Crippen molar-refractivity contribution in [2.75, 3.05) is 20.1 Å². The molecule has 144 valence electrons. The van der Waals surface area contributed by atoms with Crippen molar-refractivity contribution in [3.05, 3.63) is 65.2 Å². The molecular weight excluding hydrogens is 345 g/mol. The lowest BCUT2D eigenvalue weighted by atomic mass is 9.90. The van der Waals surface area contributed by atoms with Gasteiger partial charge in [0.2, 0.25) is 0 Å². The number of pyridine rings is 1. The zero-order valence-corrected chi connectivity index (χ0v) is 15.9. The zero-order valence-electron chi connectivity index (χ0n) is 15.9. The normalized spacial score (nSPS) is 20.3. The summed E-state index contributed by atoms with van der Waals surface area (Å²) in [5.74, 6) is -0.663. The summed E-state index contributed by atoms with van der Waals surface area (Å²) in [6.45, 7) is 3.47. The van der Waals surface area contributed by atoms with Gasteiger partial charge in [0, 0.05) is 37.9 Å². The van der Waals surface area contributed by atoms with Crippen LogP contribution in [0, 0.1) is 12.7 Å². The second kappa shape index (κ2) is 8.15. The molecule has 1 unspecified atom stereocenters. The minimum Gasteiger partial charge on any atom is -0.379 e. The molecule has 3 rings (SSSR count). The molecule has 6 heteroatoms. The first-order chi connectivity index (χ1) is 12.9. The van der Waals surface area contributed by atoms with Crippen LogP contribution in [-0.2, 0) is 17.9 Å². The number of halogens is 1. The Morgan fingerprint density at radius 1 is 1.30 bits per heavy atom. The summed E-state index contributed by atoms with van der Waals surface area (Å²) in [6, 6.07) is 10.3. The van der Waals surface area contributed by atoms with Gasteiger partial charge in [-0.15, -0.1) is 0 Å². The lowest BCUT2D eigenvalue weighted by molar-refractivity contribution is -0.160. The molecule has 0 radical (unpaired) electrons. The molecule has 1 aliphatic heterocycles. The predicted molar refractivity (Wildman–Crippen MR) is 101 cm³/mol. The molecule has 0 bridgehead atoms. The van der Waals surface area contributed by atoms with E-state index >= 15 is 0 Å². The van der Waals surface area contributed by atoms with Crippen molar-refractivity contribution in [1.82, 2.24) is 14.8 Å². The summed E-state index contributed by atoms with van der Waals surface area (Å²) >= 11 is 0. The maximum atomic E-state index is 13.9. The van der Waals surface area contributed by atoms with Gasteiger partial charge in [-0.1, -0.05) is 24.3 Å². The largest absolute Gasteiger partial charge is 0.379 e. The highest BCUT2D eigenvalue weighted by Gasteiger charge is 2.43. The average Bonchev–Trinajstić information content (AvgIpc) is 2.63. The fourth-order valence-electron chi connectivity index (χ4n) is 3.64. The molecule has 1 N–H and O–H groups in total. The number of aryl methyl sites for hydroxylation is 1. The van der Waals surface area contributed by atoms with Crippen LogP contribution in [-0.4, -0.2) is 51.5 Å². The van der Waals surface area contributed by atoms with Crippen molar-refractivity contribution in [2.45, 2.75) is 38.5 Å². The first-order valence-corrected chi connectivity index (χ1v) is 9.23. The Kier molecular flexibility index (Phi) is 5.87. The second-order valence-corrected chi connectivity index (χ2v) is 7.39. The number of amides is 1. The van der Waals surface area contributed by atoms with Gasteiger partial charge in [-0.2, -0.15) is 0 Å². The van der Waals surface area contributed by atoms with Gasteiger partial charge in [-0.05, 0) is 44.5 Å². The maximum Gasteiger partial charge on any atom is 0.256 e. The van der Waals surface area contributed by atoms with Crippen molar-refractivity contribution in [3.8, 4) is 0 Å². The molecule has 1 fully saturated rings. The van der Waals surface area contributed by atoms with Gasteiger partial charge >= 0.3 is 0 Å². The number of hydrogen-bond donors (Lipinski definition) is 1. The van der Waals surface area contributed by atoms with E-state index in [2.05, 4.69) is 4.98 Å². The van der Waals surface area contributed by atoms with E-state index in [4.69, 9.17) is 0 Å². The standard InChI is InChI=1S/C21H26FN3O2/c1-16-7-5-11-23-19(16)14-24(2)15-21(27)10-6-12-25(20(21)26)13-17-8-3-4-9-18(17)22/h3-5,7-9,11,27H,6,10,12-15H2,1-2H3. The van der Waals surface area contributed by atoms with Gasteiger partial charge in [0.05, 0.1) is 5.69 Å². The van der Waals surface area contributed by atoms with Gasteiger partial charge in [-0.25, -0.2) is 4.39 Å². The fourth-order valence-corrected chi connectivity index (χ4v) is 3.64. The van der Waals surface area contributed by atoms with Crippen LogP contribution in [0.3, 0.4) is 0 Å². The minimum atomic E-state index is -1.46. The van der Waals surface area contributed by atoms with E-state index in [1.807, 2.05) is 31.0 Å². The van der Waals surface area contributed by atoms with Crippen LogP contribution in [0.15, 0.2) is 42.6 Å². The number of likely N-dealkylation sites (tertiary alicyclic amines) is 1. The fraction of sp³-hybridized carbons (Fsp3) is 0.429. The smallest absolute Gasteiger partial charge is 0.256 e. The third-order valence-corrected chi connectivity index (χ3v) is 5.09. The number of benzene rings is 1. The Morgan fingerprint density at radius 3 is 2.81 bits per heavy atom. The lowest BCUT2D eigenvalue weighted by Gasteiger charge is -2.40. The number of piperidine rings is 1. The maximum absolute atomic E-state index is 13.9. The van der Waals surface area contributed by atoms with E-state index in [0.29, 0.717) is 31.5 Å². The van der Waals surface area contributed by atoms with Crippen LogP contribution >= 0.6 is 0 Å². The summed E-state index contributed by atoms with van der Waals surface area (Å²) in [7, 11) is 1.87. The highest BCUT2D eigenvalue weighted by molar-refractivity contribution is 5.86. The predicted octanol–water partition coefficient (Wildman–Crippen LogP) is 2.51. The van der Waals surface area contributed by atoms with Crippen LogP contribution in [0.1, 0.15) is 29.7 Å². The van der Waals surface area contributed by atoms with E-state index in [1.165, 1.54) is 6.07 Å². The third-order valence-electron chi connectivity index (χ3n) is 5.09. The van der Waals surface area contributed by atoms with Crippen LogP contribution in [0.2, 0.25) is 0 Å². The Morgan fingerprint density at radius 2 is 2.07 bits per heavy atom. The highest BCUT2D eigenvalue weighted by Crippen LogP contribution is 2.26. The van der Waals surface area contributed by atoms with Crippen LogP contribution < -0.4 is 0 Å². The SMILES string of the molecule is Cc1cccnc1CN(C)CC1(O)CCCN(Cc2ccccc2F)C1=O. The Balaban J connectivity index is 1.68. The van der Waals surface area contributed by atoms with Crippen molar-refractivity contribution in [1.29, 1.82) is 0 Å². The molecule has 1 aromatic heterocycles. The number of nitrogens with zero attached hydrogens (tertiary/aromatic N) is 3. The van der Waals surface area contributed by atoms with E-state index in [9.17, 15) is 14.3 Å². The topological polar surface area (TPSA) is 56.7 Å². The van der Waals surface area contributed by atoms with Gasteiger partial charge in [-0.3, -0.25) is 14.7 Å². The number of aromatic nitrogens is 1. The minimum absolute atomic E-state index is 0.177. The summed E-state index contributed by atoms with van der Waals surface area (Å²) in [5, 5.41) is 11.0. The van der Waals surface area contributed by atoms with Gasteiger partial charge in [0.1, 0.15) is 5.82 Å². The molecule has 5 nitrogen and oxygen atoms in total. The van der Waals surface area contributed by atoms with Crippen molar-refractivity contribution in [3.63, 3.8) is 0 Å². The van der Waals surface area contributed by atoms with Gasteiger partial charge < -0.3 is 10.0 Å². The van der Waals surface area contributed by atoms with Crippen molar-refractivity contribution >= 4 is 5.91 Å². The zero-order chi connectivity index (χ0) is 19.4. The number of carbonyl (C=O) groups excluding carboxylic acids is 1. The summed E-state index contributed by atoms with van der Waals surface area (Å²) < 4.78 is 13.9.